The lowest BCUT2D eigenvalue weighted by Gasteiger charge is -2.14. The second-order valence-electron chi connectivity index (χ2n) is 6.29. The maximum absolute atomic E-state index is 12.7. The van der Waals surface area contributed by atoms with Gasteiger partial charge in [0, 0.05) is 29.7 Å². The summed E-state index contributed by atoms with van der Waals surface area (Å²) in [5.74, 6) is -0.165. The minimum absolute atomic E-state index is 0.197. The monoisotopic (exact) mass is 411 g/mol. The molecule has 28 heavy (non-hydrogen) atoms. The van der Waals surface area contributed by atoms with Gasteiger partial charge in [0.25, 0.3) is 0 Å². The quantitative estimate of drug-likeness (QED) is 0.451. The molecular formula is C21H15Cl2N3O2. The number of halogens is 2. The van der Waals surface area contributed by atoms with Crippen LogP contribution in [0.15, 0.2) is 65.3 Å². The number of aromatic nitrogens is 2. The molecule has 0 radical (unpaired) electrons. The van der Waals surface area contributed by atoms with E-state index in [1.807, 2.05) is 12.1 Å². The largest absolute Gasteiger partial charge is 0.436 e. The number of carbonyl (C=O) groups excluding carboxylic acids is 1. The number of nitrogens with zero attached hydrogens (tertiary/aromatic N) is 2. The molecule has 1 N–H and O–H groups in total. The first-order valence-electron chi connectivity index (χ1n) is 8.58. The van der Waals surface area contributed by atoms with Gasteiger partial charge in [-0.2, -0.15) is 0 Å². The van der Waals surface area contributed by atoms with Crippen LogP contribution in [0.3, 0.4) is 0 Å². The summed E-state index contributed by atoms with van der Waals surface area (Å²) < 4.78 is 5.83. The van der Waals surface area contributed by atoms with E-state index in [4.69, 9.17) is 27.6 Å². The predicted molar refractivity (Wildman–Crippen MR) is 111 cm³/mol. The summed E-state index contributed by atoms with van der Waals surface area (Å²) in [5, 5.41) is 3.70. The Labute approximate surface area is 171 Å². The van der Waals surface area contributed by atoms with Crippen molar-refractivity contribution in [3.05, 3.63) is 76.5 Å². The van der Waals surface area contributed by atoms with Crippen LogP contribution in [-0.4, -0.2) is 15.9 Å². The number of hydrogen-bond donors (Lipinski definition) is 1. The van der Waals surface area contributed by atoms with Crippen molar-refractivity contribution in [1.29, 1.82) is 0 Å². The number of nitrogens with one attached hydrogen (secondary N) is 1. The van der Waals surface area contributed by atoms with E-state index in [1.165, 1.54) is 0 Å². The molecule has 0 aliphatic rings. The van der Waals surface area contributed by atoms with Crippen LogP contribution < -0.4 is 5.32 Å². The van der Waals surface area contributed by atoms with Crippen LogP contribution in [-0.2, 0) is 4.79 Å². The number of oxazole rings is 1. The van der Waals surface area contributed by atoms with Crippen molar-refractivity contribution in [2.45, 2.75) is 12.8 Å². The molecular weight excluding hydrogens is 397 g/mol. The van der Waals surface area contributed by atoms with Crippen molar-refractivity contribution >= 4 is 45.9 Å². The Kier molecular flexibility index (Phi) is 5.03. The van der Waals surface area contributed by atoms with Crippen LogP contribution in [0.25, 0.3) is 22.6 Å². The van der Waals surface area contributed by atoms with Crippen LogP contribution in [0.5, 0.6) is 0 Å². The van der Waals surface area contributed by atoms with Crippen molar-refractivity contribution < 1.29 is 9.21 Å². The zero-order valence-corrected chi connectivity index (χ0v) is 16.3. The highest BCUT2D eigenvalue weighted by Crippen LogP contribution is 2.32. The van der Waals surface area contributed by atoms with Crippen LogP contribution in [0.4, 0.5) is 5.69 Å². The second kappa shape index (κ2) is 7.62. The zero-order valence-electron chi connectivity index (χ0n) is 14.8. The maximum Gasteiger partial charge on any atom is 0.231 e. The van der Waals surface area contributed by atoms with Gasteiger partial charge in [-0.15, -0.1) is 0 Å². The van der Waals surface area contributed by atoms with E-state index < -0.39 is 5.92 Å². The minimum Gasteiger partial charge on any atom is -0.436 e. The molecule has 0 saturated heterocycles. The summed E-state index contributed by atoms with van der Waals surface area (Å²) in [7, 11) is 0. The van der Waals surface area contributed by atoms with Gasteiger partial charge in [-0.25, -0.2) is 4.98 Å². The molecule has 1 amide bonds. The Morgan fingerprint density at radius 2 is 1.89 bits per heavy atom. The SMILES string of the molecule is C[C@@H](C(=O)Nc1ccc2nc(-c3ccncc3)oc2c1)c1cccc(Cl)c1Cl. The fourth-order valence-corrected chi connectivity index (χ4v) is 3.34. The molecule has 5 nitrogen and oxygen atoms in total. The molecule has 140 valence electrons. The lowest BCUT2D eigenvalue weighted by atomic mass is 10.00. The normalized spacial score (nSPS) is 12.1. The Morgan fingerprint density at radius 3 is 2.68 bits per heavy atom. The van der Waals surface area contributed by atoms with E-state index in [9.17, 15) is 4.79 Å². The number of rotatable bonds is 4. The van der Waals surface area contributed by atoms with Crippen molar-refractivity contribution in [3.63, 3.8) is 0 Å². The van der Waals surface area contributed by atoms with Crippen molar-refractivity contribution in [2.24, 2.45) is 0 Å². The zero-order chi connectivity index (χ0) is 19.7. The van der Waals surface area contributed by atoms with Crippen molar-refractivity contribution in [1.82, 2.24) is 9.97 Å². The van der Waals surface area contributed by atoms with E-state index in [0.29, 0.717) is 38.3 Å². The highest BCUT2D eigenvalue weighted by atomic mass is 35.5. The van der Waals surface area contributed by atoms with E-state index in [2.05, 4.69) is 15.3 Å². The van der Waals surface area contributed by atoms with Crippen LogP contribution in [0.2, 0.25) is 10.0 Å². The van der Waals surface area contributed by atoms with E-state index in [-0.39, 0.29) is 5.91 Å². The summed E-state index contributed by atoms with van der Waals surface area (Å²) in [6, 6.07) is 14.2. The highest BCUT2D eigenvalue weighted by Gasteiger charge is 2.20. The molecule has 1 atom stereocenters. The summed E-state index contributed by atoms with van der Waals surface area (Å²) in [6.45, 7) is 1.78. The van der Waals surface area contributed by atoms with E-state index >= 15 is 0 Å². The Hall–Kier alpha value is -2.89. The van der Waals surface area contributed by atoms with Crippen molar-refractivity contribution in [3.8, 4) is 11.5 Å². The van der Waals surface area contributed by atoms with E-state index in [1.54, 1.807) is 55.7 Å². The molecule has 0 aliphatic carbocycles. The van der Waals surface area contributed by atoms with Gasteiger partial charge in [0.2, 0.25) is 11.8 Å². The summed E-state index contributed by atoms with van der Waals surface area (Å²) in [6.07, 6.45) is 3.36. The number of hydrogen-bond acceptors (Lipinski definition) is 4. The third-order valence-corrected chi connectivity index (χ3v) is 5.26. The van der Waals surface area contributed by atoms with Gasteiger partial charge in [-0.1, -0.05) is 35.3 Å². The Balaban J connectivity index is 1.57. The number of carbonyl (C=O) groups is 1. The molecule has 0 aliphatic heterocycles. The first kappa shape index (κ1) is 18.5. The Morgan fingerprint density at radius 1 is 1.11 bits per heavy atom. The number of benzene rings is 2. The first-order chi connectivity index (χ1) is 13.5. The van der Waals surface area contributed by atoms with Crippen molar-refractivity contribution in [2.75, 3.05) is 5.32 Å². The minimum atomic E-state index is -0.469. The Bertz CT molecular complexity index is 1160. The smallest absolute Gasteiger partial charge is 0.231 e. The van der Waals surface area contributed by atoms with Gasteiger partial charge < -0.3 is 9.73 Å². The predicted octanol–water partition coefficient (Wildman–Crippen LogP) is 5.94. The van der Waals surface area contributed by atoms with Gasteiger partial charge in [-0.05, 0) is 42.8 Å². The number of anilines is 1. The van der Waals surface area contributed by atoms with Gasteiger partial charge in [-0.3, -0.25) is 9.78 Å². The maximum atomic E-state index is 12.7. The van der Waals surface area contributed by atoms with Gasteiger partial charge in [0.15, 0.2) is 5.58 Å². The lowest BCUT2D eigenvalue weighted by Crippen LogP contribution is -2.19. The van der Waals surface area contributed by atoms with Crippen LogP contribution >= 0.6 is 23.2 Å². The summed E-state index contributed by atoms with van der Waals surface area (Å²) in [5.41, 5.74) is 3.40. The summed E-state index contributed by atoms with van der Waals surface area (Å²) >= 11 is 12.3. The van der Waals surface area contributed by atoms with E-state index in [0.717, 1.165) is 5.56 Å². The molecule has 0 saturated carbocycles. The average Bonchev–Trinajstić information content (AvgIpc) is 3.13. The fraction of sp³-hybridized carbons (Fsp3) is 0.0952. The van der Waals surface area contributed by atoms with Gasteiger partial charge in [0.05, 0.1) is 16.0 Å². The van der Waals surface area contributed by atoms with Gasteiger partial charge >= 0.3 is 0 Å². The molecule has 7 heteroatoms. The standard InChI is InChI=1S/C21H15Cl2N3O2/c1-12(15-3-2-4-16(22)19(15)23)20(27)25-14-5-6-17-18(11-14)28-21(26-17)13-7-9-24-10-8-13/h2-12H,1H3,(H,25,27)/t12-/m1/s1. The third kappa shape index (κ3) is 3.59. The second-order valence-corrected chi connectivity index (χ2v) is 7.08. The molecule has 2 aromatic heterocycles. The number of pyridine rings is 1. The topological polar surface area (TPSA) is 68.0 Å². The molecule has 0 fully saturated rings. The third-order valence-electron chi connectivity index (χ3n) is 4.42. The van der Waals surface area contributed by atoms with Crippen LogP contribution in [0, 0.1) is 0 Å². The molecule has 2 heterocycles. The number of fused-ring (bicyclic) bond motifs is 1. The van der Waals surface area contributed by atoms with Gasteiger partial charge in [0.1, 0.15) is 5.52 Å². The molecule has 0 bridgehead atoms. The summed E-state index contributed by atoms with van der Waals surface area (Å²) in [4.78, 5) is 21.1. The highest BCUT2D eigenvalue weighted by molar-refractivity contribution is 6.42. The molecule has 4 rings (SSSR count). The molecule has 0 spiro atoms. The number of amides is 1. The molecule has 4 aromatic rings. The molecule has 0 unspecified atom stereocenters. The molecule has 2 aromatic carbocycles. The first-order valence-corrected chi connectivity index (χ1v) is 9.34. The average molecular weight is 412 g/mol. The fourth-order valence-electron chi connectivity index (χ4n) is 2.87. The van der Waals surface area contributed by atoms with Crippen LogP contribution in [0.1, 0.15) is 18.4 Å². The lowest BCUT2D eigenvalue weighted by molar-refractivity contribution is -0.117.